The van der Waals surface area contributed by atoms with Crippen molar-refractivity contribution in [3.05, 3.63) is 12.7 Å². The second kappa shape index (κ2) is 6.37. The number of aromatic nitrogens is 2. The van der Waals surface area contributed by atoms with Crippen LogP contribution in [-0.4, -0.2) is 33.2 Å². The first-order chi connectivity index (χ1) is 8.29. The van der Waals surface area contributed by atoms with Gasteiger partial charge in [0.25, 0.3) is 0 Å². The summed E-state index contributed by atoms with van der Waals surface area (Å²) in [6, 6.07) is 0. The molecule has 17 heavy (non-hydrogen) atoms. The molecule has 0 aliphatic heterocycles. The monoisotopic (exact) mass is 271 g/mol. The van der Waals surface area contributed by atoms with Crippen LogP contribution in [0.1, 0.15) is 25.7 Å². The summed E-state index contributed by atoms with van der Waals surface area (Å²) in [6.07, 6.45) is 5.93. The van der Waals surface area contributed by atoms with Gasteiger partial charge >= 0.3 is 0 Å². The molecule has 0 bridgehead atoms. The molecule has 1 aromatic heterocycles. The lowest BCUT2D eigenvalue weighted by Gasteiger charge is -2.25. The molecule has 1 aliphatic carbocycles. The van der Waals surface area contributed by atoms with Gasteiger partial charge in [0.05, 0.1) is 6.10 Å². The minimum absolute atomic E-state index is 0.192. The lowest BCUT2D eigenvalue weighted by atomic mass is 9.97. The van der Waals surface area contributed by atoms with Gasteiger partial charge in [0.2, 0.25) is 5.13 Å². The maximum Gasteiger partial charge on any atom is 0.206 e. The van der Waals surface area contributed by atoms with Crippen LogP contribution in [0, 0.1) is 0 Å². The van der Waals surface area contributed by atoms with Crippen molar-refractivity contribution in [3.63, 3.8) is 0 Å². The predicted octanol–water partition coefficient (Wildman–Crippen LogP) is 2.53. The van der Waals surface area contributed by atoms with Crippen LogP contribution in [0.3, 0.4) is 0 Å². The molecule has 0 saturated heterocycles. The van der Waals surface area contributed by atoms with Crippen molar-refractivity contribution in [1.82, 2.24) is 10.2 Å². The molecule has 0 amide bonds. The number of nitrogens with zero attached hydrogens (tertiary/aromatic N) is 2. The zero-order valence-electron chi connectivity index (χ0n) is 9.63. The Morgan fingerprint density at radius 2 is 2.29 bits per heavy atom. The molecule has 2 rings (SSSR count). The number of hydrogen-bond donors (Lipinski definition) is 2. The van der Waals surface area contributed by atoms with Gasteiger partial charge in [0.15, 0.2) is 4.34 Å². The van der Waals surface area contributed by atoms with Crippen LogP contribution in [0.15, 0.2) is 17.0 Å². The summed E-state index contributed by atoms with van der Waals surface area (Å²) < 4.78 is 0.933. The largest absolute Gasteiger partial charge is 0.392 e. The SMILES string of the molecule is C=CCNc1nnc(S[C@H]2CCCC[C@@H]2O)s1. The van der Waals surface area contributed by atoms with Crippen LogP contribution >= 0.6 is 23.1 Å². The molecule has 1 aromatic rings. The second-order valence-corrected chi connectivity index (χ2v) is 6.51. The van der Waals surface area contributed by atoms with Crippen LogP contribution in [0.4, 0.5) is 5.13 Å². The Labute approximate surface area is 110 Å². The molecular weight excluding hydrogens is 254 g/mol. The molecule has 0 aromatic carbocycles. The van der Waals surface area contributed by atoms with E-state index in [0.717, 1.165) is 28.7 Å². The van der Waals surface area contributed by atoms with E-state index in [1.807, 2.05) is 0 Å². The first-order valence-electron chi connectivity index (χ1n) is 5.82. The van der Waals surface area contributed by atoms with Gasteiger partial charge in [0.1, 0.15) is 0 Å². The number of thioether (sulfide) groups is 1. The van der Waals surface area contributed by atoms with Gasteiger partial charge in [0, 0.05) is 11.8 Å². The molecule has 2 atom stereocenters. The fourth-order valence-corrected chi connectivity index (χ4v) is 4.04. The van der Waals surface area contributed by atoms with Gasteiger partial charge in [-0.3, -0.25) is 0 Å². The Kier molecular flexibility index (Phi) is 4.82. The number of nitrogens with one attached hydrogen (secondary N) is 1. The Bertz CT molecular complexity index is 369. The van der Waals surface area contributed by atoms with Crippen LogP contribution in [0.2, 0.25) is 0 Å². The number of aliphatic hydroxyl groups is 1. The number of anilines is 1. The molecule has 94 valence electrons. The van der Waals surface area contributed by atoms with Crippen molar-refractivity contribution >= 4 is 28.2 Å². The van der Waals surface area contributed by atoms with Crippen LogP contribution < -0.4 is 5.32 Å². The maximum absolute atomic E-state index is 9.89. The Morgan fingerprint density at radius 1 is 1.47 bits per heavy atom. The fraction of sp³-hybridized carbons (Fsp3) is 0.636. The normalized spacial score (nSPS) is 24.5. The first-order valence-corrected chi connectivity index (χ1v) is 7.52. The highest BCUT2D eigenvalue weighted by molar-refractivity contribution is 8.01. The van der Waals surface area contributed by atoms with Crippen molar-refractivity contribution in [2.24, 2.45) is 0 Å². The first kappa shape index (κ1) is 12.9. The molecule has 4 nitrogen and oxygen atoms in total. The minimum atomic E-state index is -0.192. The van der Waals surface area contributed by atoms with Crippen LogP contribution in [0.25, 0.3) is 0 Å². The molecule has 1 heterocycles. The van der Waals surface area contributed by atoms with E-state index in [9.17, 15) is 5.11 Å². The highest BCUT2D eigenvalue weighted by Gasteiger charge is 2.25. The van der Waals surface area contributed by atoms with E-state index in [1.54, 1.807) is 17.8 Å². The van der Waals surface area contributed by atoms with E-state index in [-0.39, 0.29) is 11.4 Å². The molecule has 6 heteroatoms. The standard InChI is InChI=1S/C11H17N3OS2/c1-2-7-12-10-13-14-11(17-10)16-9-6-4-3-5-8(9)15/h2,8-9,15H,1,3-7H2,(H,12,13)/t8-,9-/m0/s1. The van der Waals surface area contributed by atoms with Gasteiger partial charge in [-0.05, 0) is 12.8 Å². The average Bonchev–Trinajstić information content (AvgIpc) is 2.77. The quantitative estimate of drug-likeness (QED) is 0.806. The van der Waals surface area contributed by atoms with Gasteiger partial charge in [-0.15, -0.1) is 16.8 Å². The van der Waals surface area contributed by atoms with Gasteiger partial charge < -0.3 is 10.4 Å². The van der Waals surface area contributed by atoms with Crippen LogP contribution in [0.5, 0.6) is 0 Å². The third-order valence-electron chi connectivity index (χ3n) is 2.72. The van der Waals surface area contributed by atoms with Gasteiger partial charge in [-0.25, -0.2) is 0 Å². The Hall–Kier alpha value is -0.590. The topological polar surface area (TPSA) is 58.0 Å². The highest BCUT2D eigenvalue weighted by Crippen LogP contribution is 2.36. The molecule has 1 aliphatic rings. The molecule has 0 unspecified atom stereocenters. The van der Waals surface area contributed by atoms with Crippen molar-refractivity contribution in [2.45, 2.75) is 41.4 Å². The molecule has 1 saturated carbocycles. The molecular formula is C11H17N3OS2. The van der Waals surface area contributed by atoms with Gasteiger partial charge in [-0.1, -0.05) is 42.0 Å². The number of hydrogen-bond acceptors (Lipinski definition) is 6. The van der Waals surface area contributed by atoms with E-state index < -0.39 is 0 Å². The maximum atomic E-state index is 9.89. The number of rotatable bonds is 5. The fourth-order valence-electron chi connectivity index (χ4n) is 1.83. The lowest BCUT2D eigenvalue weighted by molar-refractivity contribution is 0.137. The summed E-state index contributed by atoms with van der Waals surface area (Å²) in [4.78, 5) is 0. The number of aliphatic hydroxyl groups excluding tert-OH is 1. The van der Waals surface area contributed by atoms with E-state index in [1.165, 1.54) is 17.8 Å². The average molecular weight is 271 g/mol. The molecule has 0 spiro atoms. The second-order valence-electron chi connectivity index (χ2n) is 4.05. The van der Waals surface area contributed by atoms with Crippen molar-refractivity contribution < 1.29 is 5.11 Å². The summed E-state index contributed by atoms with van der Waals surface area (Å²) >= 11 is 3.20. The summed E-state index contributed by atoms with van der Waals surface area (Å²) in [5.74, 6) is 0. The summed E-state index contributed by atoms with van der Waals surface area (Å²) in [5, 5.41) is 22.3. The zero-order chi connectivity index (χ0) is 12.1. The third-order valence-corrected chi connectivity index (χ3v) is 5.07. The van der Waals surface area contributed by atoms with E-state index in [0.29, 0.717) is 6.54 Å². The van der Waals surface area contributed by atoms with Gasteiger partial charge in [-0.2, -0.15) is 0 Å². The zero-order valence-corrected chi connectivity index (χ0v) is 11.3. The van der Waals surface area contributed by atoms with E-state index in [2.05, 4.69) is 22.1 Å². The molecule has 0 radical (unpaired) electrons. The summed E-state index contributed by atoms with van der Waals surface area (Å²) in [7, 11) is 0. The van der Waals surface area contributed by atoms with E-state index in [4.69, 9.17) is 0 Å². The Morgan fingerprint density at radius 3 is 3.06 bits per heavy atom. The molecule has 2 N–H and O–H groups in total. The minimum Gasteiger partial charge on any atom is -0.392 e. The Balaban J connectivity index is 1.89. The summed E-state index contributed by atoms with van der Waals surface area (Å²) in [6.45, 7) is 4.34. The smallest absolute Gasteiger partial charge is 0.206 e. The molecule has 1 fully saturated rings. The van der Waals surface area contributed by atoms with Crippen molar-refractivity contribution in [1.29, 1.82) is 0 Å². The predicted molar refractivity (Wildman–Crippen MR) is 72.7 cm³/mol. The third kappa shape index (κ3) is 3.69. The summed E-state index contributed by atoms with van der Waals surface area (Å²) in [5.41, 5.74) is 0. The van der Waals surface area contributed by atoms with Crippen molar-refractivity contribution in [2.75, 3.05) is 11.9 Å². The van der Waals surface area contributed by atoms with E-state index >= 15 is 0 Å². The highest BCUT2D eigenvalue weighted by atomic mass is 32.2. The lowest BCUT2D eigenvalue weighted by Crippen LogP contribution is -2.26. The van der Waals surface area contributed by atoms with Crippen LogP contribution in [-0.2, 0) is 0 Å². The van der Waals surface area contributed by atoms with Crippen molar-refractivity contribution in [3.8, 4) is 0 Å².